The summed E-state index contributed by atoms with van der Waals surface area (Å²) < 4.78 is 5.43. The van der Waals surface area contributed by atoms with E-state index in [-0.39, 0.29) is 6.04 Å². The molecule has 22 heavy (non-hydrogen) atoms. The molecular formula is C18H22N2OS. The zero-order valence-corrected chi connectivity index (χ0v) is 13.8. The molecule has 0 aliphatic carbocycles. The summed E-state index contributed by atoms with van der Waals surface area (Å²) in [5.41, 5.74) is 2.18. The van der Waals surface area contributed by atoms with E-state index in [0.717, 1.165) is 17.9 Å². The molecule has 1 atom stereocenters. The van der Waals surface area contributed by atoms with E-state index in [1.54, 1.807) is 0 Å². The Morgan fingerprint density at radius 3 is 2.32 bits per heavy atom. The standard InChI is InChI=1S/C18H22N2OS/c1-3-17(14-8-6-5-7-9-14)20-18(22)19-15-10-12-16(13-11-15)21-4-2/h5-13,17H,3-4H2,1-2H3,(H2,19,20,22)/t17-/m0/s1. The predicted octanol–water partition coefficient (Wildman–Crippen LogP) is 4.52. The minimum atomic E-state index is 0.212. The molecule has 0 fully saturated rings. The molecule has 0 aliphatic heterocycles. The van der Waals surface area contributed by atoms with Crippen LogP contribution >= 0.6 is 12.2 Å². The predicted molar refractivity (Wildman–Crippen MR) is 96.4 cm³/mol. The van der Waals surface area contributed by atoms with Gasteiger partial charge in [0, 0.05) is 5.69 Å². The van der Waals surface area contributed by atoms with Crippen LogP contribution in [0.3, 0.4) is 0 Å². The van der Waals surface area contributed by atoms with Gasteiger partial charge in [-0.15, -0.1) is 0 Å². The van der Waals surface area contributed by atoms with Crippen molar-refractivity contribution in [3.63, 3.8) is 0 Å². The second-order valence-electron chi connectivity index (χ2n) is 4.93. The van der Waals surface area contributed by atoms with Gasteiger partial charge in [-0.1, -0.05) is 37.3 Å². The first kappa shape index (κ1) is 16.3. The number of ether oxygens (including phenoxy) is 1. The third kappa shape index (κ3) is 4.74. The van der Waals surface area contributed by atoms with Gasteiger partial charge in [0.25, 0.3) is 0 Å². The van der Waals surface area contributed by atoms with Gasteiger partial charge in [-0.25, -0.2) is 0 Å². The molecule has 2 aromatic carbocycles. The first-order valence-electron chi connectivity index (χ1n) is 7.58. The Balaban J connectivity index is 1.94. The summed E-state index contributed by atoms with van der Waals surface area (Å²) in [6.07, 6.45) is 0.967. The van der Waals surface area contributed by atoms with Crippen LogP contribution in [0.25, 0.3) is 0 Å². The van der Waals surface area contributed by atoms with Crippen molar-refractivity contribution in [3.8, 4) is 5.75 Å². The van der Waals surface area contributed by atoms with Crippen molar-refractivity contribution in [1.29, 1.82) is 0 Å². The van der Waals surface area contributed by atoms with Gasteiger partial charge in [-0.3, -0.25) is 0 Å². The van der Waals surface area contributed by atoms with Crippen LogP contribution in [0.15, 0.2) is 54.6 Å². The third-order valence-corrected chi connectivity index (χ3v) is 3.56. The molecule has 2 aromatic rings. The third-order valence-electron chi connectivity index (χ3n) is 3.34. The highest BCUT2D eigenvalue weighted by Crippen LogP contribution is 2.18. The quantitative estimate of drug-likeness (QED) is 0.768. The number of benzene rings is 2. The van der Waals surface area contributed by atoms with Gasteiger partial charge in [-0.05, 0) is 55.4 Å². The van der Waals surface area contributed by atoms with Crippen LogP contribution in [0.4, 0.5) is 5.69 Å². The highest BCUT2D eigenvalue weighted by atomic mass is 32.1. The Morgan fingerprint density at radius 1 is 1.05 bits per heavy atom. The van der Waals surface area contributed by atoms with Crippen LogP contribution in [-0.2, 0) is 0 Å². The van der Waals surface area contributed by atoms with Gasteiger partial charge in [-0.2, -0.15) is 0 Å². The Bertz CT molecular complexity index is 584. The fraction of sp³-hybridized carbons (Fsp3) is 0.278. The summed E-state index contributed by atoms with van der Waals surface area (Å²) in [5, 5.41) is 7.20. The Kier molecular flexibility index (Phi) is 6.22. The van der Waals surface area contributed by atoms with Crippen LogP contribution in [0.5, 0.6) is 5.75 Å². The highest BCUT2D eigenvalue weighted by Gasteiger charge is 2.10. The lowest BCUT2D eigenvalue weighted by molar-refractivity contribution is 0.340. The molecule has 2 rings (SSSR count). The van der Waals surface area contributed by atoms with E-state index in [1.165, 1.54) is 5.56 Å². The molecule has 0 spiro atoms. The van der Waals surface area contributed by atoms with E-state index in [9.17, 15) is 0 Å². The molecule has 0 heterocycles. The van der Waals surface area contributed by atoms with Crippen molar-refractivity contribution in [1.82, 2.24) is 5.32 Å². The molecule has 2 N–H and O–H groups in total. The molecule has 0 aliphatic rings. The van der Waals surface area contributed by atoms with E-state index >= 15 is 0 Å². The van der Waals surface area contributed by atoms with Crippen molar-refractivity contribution < 1.29 is 4.74 Å². The van der Waals surface area contributed by atoms with Gasteiger partial charge in [0.05, 0.1) is 12.6 Å². The van der Waals surface area contributed by atoms with Crippen LogP contribution in [0.1, 0.15) is 31.9 Å². The molecule has 0 radical (unpaired) electrons. The summed E-state index contributed by atoms with van der Waals surface area (Å²) in [7, 11) is 0. The number of rotatable bonds is 6. The number of nitrogens with one attached hydrogen (secondary N) is 2. The van der Waals surface area contributed by atoms with Gasteiger partial charge in [0.15, 0.2) is 5.11 Å². The lowest BCUT2D eigenvalue weighted by Gasteiger charge is -2.20. The maximum absolute atomic E-state index is 5.43. The van der Waals surface area contributed by atoms with Gasteiger partial charge >= 0.3 is 0 Å². The zero-order valence-electron chi connectivity index (χ0n) is 13.0. The molecule has 3 nitrogen and oxygen atoms in total. The van der Waals surface area contributed by atoms with Gasteiger partial charge in [0.1, 0.15) is 5.75 Å². The smallest absolute Gasteiger partial charge is 0.171 e. The van der Waals surface area contributed by atoms with E-state index in [1.807, 2.05) is 49.4 Å². The van der Waals surface area contributed by atoms with Crippen molar-refractivity contribution in [2.45, 2.75) is 26.3 Å². The zero-order chi connectivity index (χ0) is 15.8. The first-order chi connectivity index (χ1) is 10.7. The average Bonchev–Trinajstić information content (AvgIpc) is 2.55. The van der Waals surface area contributed by atoms with E-state index < -0.39 is 0 Å². The highest BCUT2D eigenvalue weighted by molar-refractivity contribution is 7.80. The summed E-state index contributed by atoms with van der Waals surface area (Å²) in [4.78, 5) is 0. The van der Waals surface area contributed by atoms with Crippen molar-refractivity contribution in [3.05, 3.63) is 60.2 Å². The average molecular weight is 314 g/mol. The number of hydrogen-bond acceptors (Lipinski definition) is 2. The van der Waals surface area contributed by atoms with Crippen LogP contribution in [0.2, 0.25) is 0 Å². The molecule has 0 bridgehead atoms. The normalized spacial score (nSPS) is 11.5. The first-order valence-corrected chi connectivity index (χ1v) is 7.99. The Morgan fingerprint density at radius 2 is 1.73 bits per heavy atom. The minimum absolute atomic E-state index is 0.212. The lowest BCUT2D eigenvalue weighted by atomic mass is 10.1. The molecular weight excluding hydrogens is 292 g/mol. The Hall–Kier alpha value is -2.07. The summed E-state index contributed by atoms with van der Waals surface area (Å²) in [6.45, 7) is 4.78. The topological polar surface area (TPSA) is 33.3 Å². The van der Waals surface area contributed by atoms with E-state index in [0.29, 0.717) is 11.7 Å². The lowest BCUT2D eigenvalue weighted by Crippen LogP contribution is -2.32. The van der Waals surface area contributed by atoms with Gasteiger partial charge < -0.3 is 15.4 Å². The summed E-state index contributed by atoms with van der Waals surface area (Å²) in [5.74, 6) is 0.864. The molecule has 4 heteroatoms. The monoisotopic (exact) mass is 314 g/mol. The van der Waals surface area contributed by atoms with Crippen LogP contribution < -0.4 is 15.4 Å². The molecule has 0 amide bonds. The van der Waals surface area contributed by atoms with Crippen LogP contribution in [0, 0.1) is 0 Å². The van der Waals surface area contributed by atoms with Crippen LogP contribution in [-0.4, -0.2) is 11.7 Å². The van der Waals surface area contributed by atoms with Crippen molar-refractivity contribution in [2.24, 2.45) is 0 Å². The minimum Gasteiger partial charge on any atom is -0.494 e. The van der Waals surface area contributed by atoms with E-state index in [4.69, 9.17) is 17.0 Å². The number of hydrogen-bond donors (Lipinski definition) is 2. The fourth-order valence-corrected chi connectivity index (χ4v) is 2.49. The molecule has 0 aromatic heterocycles. The largest absolute Gasteiger partial charge is 0.494 e. The van der Waals surface area contributed by atoms with Crippen molar-refractivity contribution >= 4 is 23.0 Å². The molecule has 0 saturated heterocycles. The Labute approximate surface area is 137 Å². The maximum atomic E-state index is 5.43. The van der Waals surface area contributed by atoms with Gasteiger partial charge in [0.2, 0.25) is 0 Å². The van der Waals surface area contributed by atoms with E-state index in [2.05, 4.69) is 29.7 Å². The second kappa shape index (κ2) is 8.39. The number of anilines is 1. The second-order valence-corrected chi connectivity index (χ2v) is 5.34. The molecule has 116 valence electrons. The SMILES string of the molecule is CCOc1ccc(NC(=S)N[C@@H](CC)c2ccccc2)cc1. The molecule has 0 saturated carbocycles. The molecule has 0 unspecified atom stereocenters. The fourth-order valence-electron chi connectivity index (χ4n) is 2.23. The summed E-state index contributed by atoms with van der Waals surface area (Å²) >= 11 is 5.41. The number of thiocarbonyl (C=S) groups is 1. The summed E-state index contributed by atoms with van der Waals surface area (Å²) in [6, 6.07) is 18.3. The van der Waals surface area contributed by atoms with Crippen molar-refractivity contribution in [2.75, 3.05) is 11.9 Å². The maximum Gasteiger partial charge on any atom is 0.171 e.